The van der Waals surface area contributed by atoms with E-state index in [2.05, 4.69) is 19.2 Å². The van der Waals surface area contributed by atoms with Crippen LogP contribution in [0.4, 0.5) is 0 Å². The van der Waals surface area contributed by atoms with Gasteiger partial charge in [-0.25, -0.2) is 0 Å². The molecule has 0 heterocycles. The number of para-hydroxylation sites is 1. The van der Waals surface area contributed by atoms with Gasteiger partial charge in [0.1, 0.15) is 5.75 Å². The van der Waals surface area contributed by atoms with Crippen LogP contribution >= 0.6 is 0 Å². The Kier molecular flexibility index (Phi) is 4.57. The van der Waals surface area contributed by atoms with Crippen LogP contribution in [0.5, 0.6) is 5.75 Å². The number of hydrogen-bond donors (Lipinski definition) is 2. The minimum atomic E-state index is -0.785. The Balaban J connectivity index is 1.95. The molecule has 2 N–H and O–H groups in total. The predicted molar refractivity (Wildman–Crippen MR) is 82.5 cm³/mol. The lowest BCUT2D eigenvalue weighted by molar-refractivity contribution is -0.0233. The molecule has 0 saturated heterocycles. The monoisotopic (exact) mass is 291 g/mol. The minimum Gasteiger partial charge on any atom is -0.496 e. The molecule has 1 aromatic rings. The first kappa shape index (κ1) is 15.8. The van der Waals surface area contributed by atoms with Crippen LogP contribution in [-0.4, -0.2) is 30.3 Å². The van der Waals surface area contributed by atoms with Crippen LogP contribution in [0.2, 0.25) is 0 Å². The third kappa shape index (κ3) is 3.97. The number of aliphatic hydroxyl groups is 1. The smallest absolute Gasteiger partial charge is 0.255 e. The highest BCUT2D eigenvalue weighted by molar-refractivity contribution is 5.96. The third-order valence-electron chi connectivity index (χ3n) is 4.46. The first-order chi connectivity index (χ1) is 9.85. The summed E-state index contributed by atoms with van der Waals surface area (Å²) in [5, 5.41) is 13.4. The van der Waals surface area contributed by atoms with Crippen molar-refractivity contribution in [3.8, 4) is 5.75 Å². The van der Waals surface area contributed by atoms with E-state index in [-0.39, 0.29) is 5.91 Å². The lowest BCUT2D eigenvalue weighted by Gasteiger charge is -2.40. The molecule has 1 amide bonds. The van der Waals surface area contributed by atoms with E-state index in [0.717, 1.165) is 25.7 Å². The molecule has 0 bridgehead atoms. The normalized spacial score (nSPS) is 19.8. The molecule has 0 unspecified atom stereocenters. The second-order valence-corrected chi connectivity index (χ2v) is 6.77. The molecule has 0 atom stereocenters. The van der Waals surface area contributed by atoms with Gasteiger partial charge in [0, 0.05) is 6.54 Å². The molecule has 1 fully saturated rings. The van der Waals surface area contributed by atoms with E-state index in [1.54, 1.807) is 25.3 Å². The number of benzene rings is 1. The van der Waals surface area contributed by atoms with Crippen LogP contribution in [0, 0.1) is 5.41 Å². The van der Waals surface area contributed by atoms with Crippen LogP contribution < -0.4 is 10.1 Å². The Bertz CT molecular complexity index is 501. The van der Waals surface area contributed by atoms with Crippen molar-refractivity contribution in [3.63, 3.8) is 0 Å². The number of nitrogens with one attached hydrogen (secondary N) is 1. The van der Waals surface area contributed by atoms with Crippen molar-refractivity contribution in [3.05, 3.63) is 29.8 Å². The van der Waals surface area contributed by atoms with E-state index in [9.17, 15) is 9.90 Å². The predicted octanol–water partition coefficient (Wildman–Crippen LogP) is 2.76. The largest absolute Gasteiger partial charge is 0.496 e. The van der Waals surface area contributed by atoms with Gasteiger partial charge in [-0.15, -0.1) is 0 Å². The summed E-state index contributed by atoms with van der Waals surface area (Å²) in [4.78, 5) is 12.2. The van der Waals surface area contributed by atoms with Crippen LogP contribution in [-0.2, 0) is 0 Å². The van der Waals surface area contributed by atoms with E-state index in [0.29, 0.717) is 23.3 Å². The highest BCUT2D eigenvalue weighted by Crippen LogP contribution is 2.39. The summed E-state index contributed by atoms with van der Waals surface area (Å²) in [7, 11) is 1.54. The molecule has 1 saturated carbocycles. The Morgan fingerprint density at radius 3 is 2.48 bits per heavy atom. The highest BCUT2D eigenvalue weighted by Gasteiger charge is 2.36. The maximum absolute atomic E-state index is 12.2. The van der Waals surface area contributed by atoms with Crippen LogP contribution in [0.1, 0.15) is 49.9 Å². The van der Waals surface area contributed by atoms with Gasteiger partial charge in [-0.2, -0.15) is 0 Å². The number of carbonyl (C=O) groups excluding carboxylic acids is 1. The van der Waals surface area contributed by atoms with Gasteiger partial charge < -0.3 is 15.2 Å². The molecule has 1 aromatic carbocycles. The maximum Gasteiger partial charge on any atom is 0.255 e. The van der Waals surface area contributed by atoms with Crippen molar-refractivity contribution in [2.45, 2.75) is 45.1 Å². The molecule has 0 aliphatic heterocycles. The van der Waals surface area contributed by atoms with Crippen molar-refractivity contribution >= 4 is 5.91 Å². The summed E-state index contributed by atoms with van der Waals surface area (Å²) in [5.41, 5.74) is 0.00579. The molecule has 116 valence electrons. The summed E-state index contributed by atoms with van der Waals surface area (Å²) < 4.78 is 5.19. The topological polar surface area (TPSA) is 58.6 Å². The number of hydrogen-bond acceptors (Lipinski definition) is 3. The summed E-state index contributed by atoms with van der Waals surface area (Å²) in [6.45, 7) is 4.74. The Hall–Kier alpha value is -1.55. The summed E-state index contributed by atoms with van der Waals surface area (Å²) >= 11 is 0. The average molecular weight is 291 g/mol. The Morgan fingerprint density at radius 1 is 1.24 bits per heavy atom. The van der Waals surface area contributed by atoms with Gasteiger partial charge >= 0.3 is 0 Å². The fourth-order valence-corrected chi connectivity index (χ4v) is 2.74. The van der Waals surface area contributed by atoms with Gasteiger partial charge in [0.15, 0.2) is 0 Å². The Labute approximate surface area is 126 Å². The standard InChI is InChI=1S/C17H25NO3/c1-16(2)8-10-17(20,11-9-16)12-18-15(19)13-6-4-5-7-14(13)21-3/h4-7,20H,8-12H2,1-3H3,(H,18,19). The molecular formula is C17H25NO3. The third-order valence-corrected chi connectivity index (χ3v) is 4.46. The highest BCUT2D eigenvalue weighted by atomic mass is 16.5. The Morgan fingerprint density at radius 2 is 1.86 bits per heavy atom. The number of amides is 1. The molecular weight excluding hydrogens is 266 g/mol. The summed E-state index contributed by atoms with van der Waals surface area (Å²) in [6, 6.07) is 7.11. The lowest BCUT2D eigenvalue weighted by Crippen LogP contribution is -2.46. The fourth-order valence-electron chi connectivity index (χ4n) is 2.74. The van der Waals surface area contributed by atoms with E-state index < -0.39 is 5.60 Å². The molecule has 0 spiro atoms. The van der Waals surface area contributed by atoms with Gasteiger partial charge in [0.25, 0.3) is 5.91 Å². The van der Waals surface area contributed by atoms with Crippen molar-refractivity contribution in [2.24, 2.45) is 5.41 Å². The first-order valence-electron chi connectivity index (χ1n) is 7.49. The molecule has 21 heavy (non-hydrogen) atoms. The zero-order valence-corrected chi connectivity index (χ0v) is 13.1. The van der Waals surface area contributed by atoms with E-state index in [1.807, 2.05) is 6.07 Å². The zero-order chi connectivity index (χ0) is 15.5. The quantitative estimate of drug-likeness (QED) is 0.897. The van der Waals surface area contributed by atoms with Crippen molar-refractivity contribution < 1.29 is 14.6 Å². The second-order valence-electron chi connectivity index (χ2n) is 6.77. The van der Waals surface area contributed by atoms with Crippen molar-refractivity contribution in [1.29, 1.82) is 0 Å². The summed E-state index contributed by atoms with van der Waals surface area (Å²) in [5.74, 6) is 0.345. The fraction of sp³-hybridized carbons (Fsp3) is 0.588. The molecule has 2 rings (SSSR count). The summed E-state index contributed by atoms with van der Waals surface area (Å²) in [6.07, 6.45) is 3.42. The SMILES string of the molecule is COc1ccccc1C(=O)NCC1(O)CCC(C)(C)CC1. The molecule has 0 aromatic heterocycles. The number of carbonyl (C=O) groups is 1. The molecule has 0 radical (unpaired) electrons. The van der Waals surface area contributed by atoms with Gasteiger partial charge in [0.05, 0.1) is 18.3 Å². The van der Waals surface area contributed by atoms with E-state index in [1.165, 1.54) is 0 Å². The first-order valence-corrected chi connectivity index (χ1v) is 7.49. The minimum absolute atomic E-state index is 0.203. The maximum atomic E-state index is 12.2. The lowest BCUT2D eigenvalue weighted by atomic mass is 9.71. The van der Waals surface area contributed by atoms with Crippen LogP contribution in [0.15, 0.2) is 24.3 Å². The van der Waals surface area contributed by atoms with Gasteiger partial charge in [-0.05, 0) is 43.2 Å². The molecule has 1 aliphatic carbocycles. The van der Waals surface area contributed by atoms with Crippen molar-refractivity contribution in [1.82, 2.24) is 5.32 Å². The van der Waals surface area contributed by atoms with Gasteiger partial charge in [-0.3, -0.25) is 4.79 Å². The number of rotatable bonds is 4. The van der Waals surface area contributed by atoms with Crippen LogP contribution in [0.3, 0.4) is 0 Å². The molecule has 4 nitrogen and oxygen atoms in total. The number of methoxy groups -OCH3 is 1. The van der Waals surface area contributed by atoms with Crippen molar-refractivity contribution in [2.75, 3.05) is 13.7 Å². The molecule has 4 heteroatoms. The van der Waals surface area contributed by atoms with Gasteiger partial charge in [-0.1, -0.05) is 26.0 Å². The average Bonchev–Trinajstić information content (AvgIpc) is 2.48. The van der Waals surface area contributed by atoms with E-state index >= 15 is 0 Å². The van der Waals surface area contributed by atoms with E-state index in [4.69, 9.17) is 4.74 Å². The van der Waals surface area contributed by atoms with Gasteiger partial charge in [0.2, 0.25) is 0 Å². The zero-order valence-electron chi connectivity index (χ0n) is 13.1. The molecule has 1 aliphatic rings. The van der Waals surface area contributed by atoms with Crippen LogP contribution in [0.25, 0.3) is 0 Å². The number of ether oxygens (including phenoxy) is 1. The second kappa shape index (κ2) is 6.06.